The van der Waals surface area contributed by atoms with E-state index in [1.54, 1.807) is 0 Å². The fourth-order valence-corrected chi connectivity index (χ4v) is 4.60. The van der Waals surface area contributed by atoms with Gasteiger partial charge in [-0.2, -0.15) is 0 Å². The lowest BCUT2D eigenvalue weighted by Crippen LogP contribution is -2.30. The molecule has 0 N–H and O–H groups in total. The SMILES string of the molecule is O=[N+]([O-])c1ccc([S@](=O)[C@@H]2CCCC[C@@H]2Cl)c([N+](=O)[O-])c1. The molecular weight excluding hydrogens is 320 g/mol. The van der Waals surface area contributed by atoms with Crippen molar-refractivity contribution in [1.82, 2.24) is 0 Å². The lowest BCUT2D eigenvalue weighted by molar-refractivity contribution is -0.396. The molecule has 114 valence electrons. The van der Waals surface area contributed by atoms with E-state index < -0.39 is 32.0 Å². The summed E-state index contributed by atoms with van der Waals surface area (Å²) in [5, 5.41) is 21.1. The van der Waals surface area contributed by atoms with Gasteiger partial charge in [0.25, 0.3) is 11.4 Å². The van der Waals surface area contributed by atoms with Crippen LogP contribution in [0.2, 0.25) is 0 Å². The van der Waals surface area contributed by atoms with E-state index in [0.29, 0.717) is 6.42 Å². The second-order valence-electron chi connectivity index (χ2n) is 4.80. The van der Waals surface area contributed by atoms with E-state index >= 15 is 0 Å². The van der Waals surface area contributed by atoms with Crippen LogP contribution in [-0.4, -0.2) is 24.7 Å². The van der Waals surface area contributed by atoms with Crippen LogP contribution in [0.1, 0.15) is 25.7 Å². The second kappa shape index (κ2) is 6.48. The molecule has 1 aromatic rings. The largest absolute Gasteiger partial charge is 0.292 e. The number of alkyl halides is 1. The molecule has 0 saturated heterocycles. The summed E-state index contributed by atoms with van der Waals surface area (Å²) in [5.74, 6) is 0. The number of nitro benzene ring substituents is 2. The molecule has 0 heterocycles. The van der Waals surface area contributed by atoms with Crippen LogP contribution >= 0.6 is 11.6 Å². The Balaban J connectivity index is 2.40. The molecular formula is C12H13ClN2O5S. The topological polar surface area (TPSA) is 103 Å². The summed E-state index contributed by atoms with van der Waals surface area (Å²) < 4.78 is 12.6. The van der Waals surface area contributed by atoms with Gasteiger partial charge in [0.15, 0.2) is 0 Å². The van der Waals surface area contributed by atoms with Crippen molar-refractivity contribution in [3.05, 3.63) is 38.4 Å². The van der Waals surface area contributed by atoms with Crippen LogP contribution < -0.4 is 0 Å². The predicted molar refractivity (Wildman–Crippen MR) is 78.1 cm³/mol. The highest BCUT2D eigenvalue weighted by Gasteiger charge is 2.33. The molecule has 1 aromatic carbocycles. The van der Waals surface area contributed by atoms with Gasteiger partial charge in [0.1, 0.15) is 4.90 Å². The predicted octanol–water partition coefficient (Wildman–Crippen LogP) is 3.16. The van der Waals surface area contributed by atoms with Crippen molar-refractivity contribution < 1.29 is 14.1 Å². The minimum Gasteiger partial charge on any atom is -0.258 e. The number of halogens is 1. The van der Waals surface area contributed by atoms with Gasteiger partial charge in [-0.3, -0.25) is 24.4 Å². The molecule has 1 fully saturated rings. The van der Waals surface area contributed by atoms with E-state index in [-0.39, 0.29) is 15.5 Å². The zero-order chi connectivity index (χ0) is 15.6. The van der Waals surface area contributed by atoms with Gasteiger partial charge >= 0.3 is 0 Å². The number of rotatable bonds is 4. The first-order valence-electron chi connectivity index (χ1n) is 6.39. The minimum absolute atomic E-state index is 0.00292. The molecule has 0 aliphatic heterocycles. The first kappa shape index (κ1) is 15.8. The fourth-order valence-electron chi connectivity index (χ4n) is 2.39. The van der Waals surface area contributed by atoms with Crippen molar-refractivity contribution in [2.45, 2.75) is 41.2 Å². The van der Waals surface area contributed by atoms with Gasteiger partial charge in [0, 0.05) is 11.4 Å². The number of nitrogens with zero attached hydrogens (tertiary/aromatic N) is 2. The maximum Gasteiger partial charge on any atom is 0.292 e. The summed E-state index contributed by atoms with van der Waals surface area (Å²) >= 11 is 6.17. The second-order valence-corrected chi connectivity index (χ2v) is 7.00. The van der Waals surface area contributed by atoms with Crippen molar-refractivity contribution in [1.29, 1.82) is 0 Å². The van der Waals surface area contributed by atoms with E-state index in [0.717, 1.165) is 31.4 Å². The Bertz CT molecular complexity index is 609. The zero-order valence-electron chi connectivity index (χ0n) is 10.9. The molecule has 1 aliphatic carbocycles. The molecule has 0 spiro atoms. The molecule has 3 atom stereocenters. The number of hydrogen-bond acceptors (Lipinski definition) is 5. The third-order valence-corrected chi connectivity index (χ3v) is 6.03. The number of benzene rings is 1. The molecule has 21 heavy (non-hydrogen) atoms. The molecule has 1 aliphatic rings. The zero-order valence-corrected chi connectivity index (χ0v) is 12.5. The molecule has 9 heteroatoms. The highest BCUT2D eigenvalue weighted by Crippen LogP contribution is 2.34. The normalized spacial score (nSPS) is 23.5. The standard InChI is InChI=1S/C12H13ClN2O5S/c13-9-3-1-2-4-11(9)21(20)12-6-5-8(14(16)17)7-10(12)15(18)19/h5-7,9,11H,1-4H2/t9-,11+,21+/m0/s1. The van der Waals surface area contributed by atoms with Gasteiger partial charge in [-0.25, -0.2) is 0 Å². The average Bonchev–Trinajstić information content (AvgIpc) is 2.46. The molecule has 7 nitrogen and oxygen atoms in total. The monoisotopic (exact) mass is 332 g/mol. The van der Waals surface area contributed by atoms with Crippen LogP contribution in [0.3, 0.4) is 0 Å². The Kier molecular flexibility index (Phi) is 4.89. The lowest BCUT2D eigenvalue weighted by atomic mass is 10.00. The maximum atomic E-state index is 12.6. The molecule has 0 amide bonds. The molecule has 0 unspecified atom stereocenters. The number of hydrogen-bond donors (Lipinski definition) is 0. The van der Waals surface area contributed by atoms with Crippen LogP contribution in [0.4, 0.5) is 11.4 Å². The average molecular weight is 333 g/mol. The summed E-state index contributed by atoms with van der Waals surface area (Å²) in [6.45, 7) is 0. The Hall–Kier alpha value is -1.54. The van der Waals surface area contributed by atoms with Crippen molar-refractivity contribution in [2.24, 2.45) is 0 Å². The van der Waals surface area contributed by atoms with Crippen molar-refractivity contribution >= 4 is 33.8 Å². The van der Waals surface area contributed by atoms with Crippen LogP contribution in [0.15, 0.2) is 23.1 Å². The summed E-state index contributed by atoms with van der Waals surface area (Å²) in [6.07, 6.45) is 3.18. The van der Waals surface area contributed by atoms with Gasteiger partial charge < -0.3 is 0 Å². The van der Waals surface area contributed by atoms with Gasteiger partial charge in [-0.15, -0.1) is 11.6 Å². The smallest absolute Gasteiger partial charge is 0.258 e. The molecule has 0 bridgehead atoms. The molecule has 0 aromatic heterocycles. The Labute approximate surface area is 128 Å². The fraction of sp³-hybridized carbons (Fsp3) is 0.500. The lowest BCUT2D eigenvalue weighted by Gasteiger charge is -2.26. The van der Waals surface area contributed by atoms with E-state index in [2.05, 4.69) is 0 Å². The Morgan fingerprint density at radius 3 is 2.38 bits per heavy atom. The number of nitro groups is 2. The summed E-state index contributed by atoms with van der Waals surface area (Å²) in [5.41, 5.74) is -0.884. The Morgan fingerprint density at radius 1 is 1.14 bits per heavy atom. The van der Waals surface area contributed by atoms with Gasteiger partial charge in [0.05, 0.1) is 32.0 Å². The van der Waals surface area contributed by atoms with Gasteiger partial charge in [0.2, 0.25) is 0 Å². The van der Waals surface area contributed by atoms with E-state index in [4.69, 9.17) is 11.6 Å². The first-order chi connectivity index (χ1) is 9.91. The summed E-state index contributed by atoms with van der Waals surface area (Å²) in [7, 11) is -1.65. The third-order valence-electron chi connectivity index (χ3n) is 3.46. The third kappa shape index (κ3) is 3.38. The van der Waals surface area contributed by atoms with Crippen LogP contribution in [0, 0.1) is 20.2 Å². The Morgan fingerprint density at radius 2 is 1.81 bits per heavy atom. The van der Waals surface area contributed by atoms with Crippen molar-refractivity contribution in [3.63, 3.8) is 0 Å². The van der Waals surface area contributed by atoms with Gasteiger partial charge in [-0.05, 0) is 18.9 Å². The van der Waals surface area contributed by atoms with E-state index in [1.165, 1.54) is 6.07 Å². The molecule has 2 rings (SSSR count). The van der Waals surface area contributed by atoms with E-state index in [9.17, 15) is 24.4 Å². The van der Waals surface area contributed by atoms with Crippen LogP contribution in [0.5, 0.6) is 0 Å². The van der Waals surface area contributed by atoms with Gasteiger partial charge in [-0.1, -0.05) is 12.8 Å². The van der Waals surface area contributed by atoms with E-state index in [1.807, 2.05) is 0 Å². The van der Waals surface area contributed by atoms with Crippen LogP contribution in [-0.2, 0) is 10.8 Å². The highest BCUT2D eigenvalue weighted by molar-refractivity contribution is 7.86. The van der Waals surface area contributed by atoms with Crippen molar-refractivity contribution in [3.8, 4) is 0 Å². The van der Waals surface area contributed by atoms with Crippen molar-refractivity contribution in [2.75, 3.05) is 0 Å². The highest BCUT2D eigenvalue weighted by atomic mass is 35.5. The quantitative estimate of drug-likeness (QED) is 0.478. The summed E-state index contributed by atoms with van der Waals surface area (Å²) in [6, 6.07) is 3.18. The number of non-ortho nitro benzene ring substituents is 1. The summed E-state index contributed by atoms with van der Waals surface area (Å²) in [4.78, 5) is 20.3. The first-order valence-corrected chi connectivity index (χ1v) is 8.04. The van der Waals surface area contributed by atoms with Crippen LogP contribution in [0.25, 0.3) is 0 Å². The maximum absolute atomic E-state index is 12.6. The minimum atomic E-state index is -1.65. The molecule has 1 saturated carbocycles. The molecule has 0 radical (unpaired) electrons.